The normalized spacial score (nSPS) is 17.1. The molecule has 0 fully saturated rings. The number of aromatic amines is 1. The second-order valence-electron chi connectivity index (χ2n) is 11.7. The minimum atomic E-state index is -0.940. The van der Waals surface area contributed by atoms with E-state index in [9.17, 15) is 14.4 Å². The van der Waals surface area contributed by atoms with E-state index in [4.69, 9.17) is 14.2 Å². The number of nitrogens with one attached hydrogen (secondary N) is 2. The molecule has 2 N–H and O–H groups in total. The fourth-order valence-electron chi connectivity index (χ4n) is 5.98. The fourth-order valence-corrected chi connectivity index (χ4v) is 5.98. The molecule has 0 spiro atoms. The summed E-state index contributed by atoms with van der Waals surface area (Å²) in [6, 6.07) is 20.3. The van der Waals surface area contributed by atoms with Gasteiger partial charge in [0.15, 0.2) is 0 Å². The second kappa shape index (κ2) is 14.0. The first-order valence-electron chi connectivity index (χ1n) is 15.5. The van der Waals surface area contributed by atoms with E-state index in [2.05, 4.69) is 26.6 Å². The largest absolute Gasteiger partial charge is 0.498 e. The van der Waals surface area contributed by atoms with E-state index in [1.807, 2.05) is 60.7 Å². The maximum absolute atomic E-state index is 13.4. The molecule has 1 aromatic heterocycles. The van der Waals surface area contributed by atoms with Crippen molar-refractivity contribution in [1.29, 1.82) is 0 Å². The Morgan fingerprint density at radius 3 is 2.68 bits per heavy atom. The molecule has 0 saturated heterocycles. The molecule has 2 amide bonds. The molecule has 2 heterocycles. The van der Waals surface area contributed by atoms with Crippen LogP contribution >= 0.6 is 0 Å². The predicted octanol–water partition coefficient (Wildman–Crippen LogP) is 3.85. The first-order valence-corrected chi connectivity index (χ1v) is 15.5. The molecule has 3 aromatic carbocycles. The van der Waals surface area contributed by atoms with Crippen LogP contribution in [0.15, 0.2) is 72.5 Å². The molecule has 6 rings (SSSR count). The van der Waals surface area contributed by atoms with Crippen molar-refractivity contribution in [3.63, 3.8) is 0 Å². The van der Waals surface area contributed by atoms with E-state index >= 15 is 0 Å². The standard InChI is InChI=1S/C36H37N5O6/c1-41-29-16-23(12-14-26(42)18-24-10-7-11-25-19-31(45-2)32(46-3)20-27(24)25)13-15-30(29)47-21-28(36(41)44)37-35(43)34-38-33(39-40-34)17-22-8-5-4-6-9-22/h4-11,13,15-16,20,28,31H,12,14,17-19,21H2,1-3H3,(H,37,43)(H,38,39,40). The van der Waals surface area contributed by atoms with Crippen LogP contribution in [0.25, 0.3) is 6.08 Å². The van der Waals surface area contributed by atoms with E-state index in [1.54, 1.807) is 27.3 Å². The van der Waals surface area contributed by atoms with E-state index in [1.165, 1.54) is 4.90 Å². The molecule has 242 valence electrons. The van der Waals surface area contributed by atoms with Crippen LogP contribution in [0.1, 0.15) is 50.7 Å². The lowest BCUT2D eigenvalue weighted by Gasteiger charge is -2.25. The number of fused-ring (bicyclic) bond motifs is 2. The van der Waals surface area contributed by atoms with Gasteiger partial charge in [-0.05, 0) is 52.4 Å². The highest BCUT2D eigenvalue weighted by Crippen LogP contribution is 2.33. The Hall–Kier alpha value is -5.29. The van der Waals surface area contributed by atoms with E-state index < -0.39 is 11.9 Å². The summed E-state index contributed by atoms with van der Waals surface area (Å²) >= 11 is 0. The zero-order valence-electron chi connectivity index (χ0n) is 26.6. The number of carbonyl (C=O) groups excluding carboxylic acids is 3. The van der Waals surface area contributed by atoms with Gasteiger partial charge in [0.2, 0.25) is 5.82 Å². The summed E-state index contributed by atoms with van der Waals surface area (Å²) in [6.45, 7) is -0.0488. The van der Waals surface area contributed by atoms with E-state index in [0.717, 1.165) is 33.6 Å². The molecule has 1 aliphatic carbocycles. The predicted molar refractivity (Wildman–Crippen MR) is 175 cm³/mol. The number of Topliss-reactive ketones (excluding diaryl/α,β-unsaturated/α-hetero) is 1. The Morgan fingerprint density at radius 1 is 1.06 bits per heavy atom. The van der Waals surface area contributed by atoms with Gasteiger partial charge in [-0.1, -0.05) is 54.6 Å². The number of nitrogens with zero attached hydrogens (tertiary/aromatic N) is 3. The molecule has 4 aromatic rings. The van der Waals surface area contributed by atoms with E-state index in [0.29, 0.717) is 49.4 Å². The summed E-state index contributed by atoms with van der Waals surface area (Å²) in [5.74, 6) is 0.954. The lowest BCUT2D eigenvalue weighted by atomic mass is 9.88. The van der Waals surface area contributed by atoms with Gasteiger partial charge in [0.25, 0.3) is 11.8 Å². The van der Waals surface area contributed by atoms with Crippen molar-refractivity contribution in [3.8, 4) is 5.75 Å². The summed E-state index contributed by atoms with van der Waals surface area (Å²) in [6.07, 6.45) is 4.17. The zero-order valence-corrected chi connectivity index (χ0v) is 26.6. The fraction of sp³-hybridized carbons (Fsp3) is 0.306. The summed E-state index contributed by atoms with van der Waals surface area (Å²) in [5.41, 5.74) is 5.61. The first kappa shape index (κ1) is 31.7. The van der Waals surface area contributed by atoms with Crippen molar-refractivity contribution < 1.29 is 28.6 Å². The highest BCUT2D eigenvalue weighted by molar-refractivity contribution is 6.02. The van der Waals surface area contributed by atoms with Gasteiger partial charge in [-0.2, -0.15) is 0 Å². The van der Waals surface area contributed by atoms with Crippen LogP contribution in [-0.2, 0) is 44.7 Å². The topological polar surface area (TPSA) is 136 Å². The zero-order chi connectivity index (χ0) is 32.9. The SMILES string of the molecule is COC1=Cc2c(CC(=O)CCc3ccc4c(c3)N(C)C(=O)C(NC(=O)c3n[nH]c(Cc5ccccc5)n3)CO4)cccc2CC1OC. The third-order valence-electron chi connectivity index (χ3n) is 8.57. The number of aromatic nitrogens is 3. The number of ether oxygens (including phenoxy) is 3. The Kier molecular flexibility index (Phi) is 9.44. The van der Waals surface area contributed by atoms with Gasteiger partial charge in [0.1, 0.15) is 41.9 Å². The Bertz CT molecular complexity index is 1820. The van der Waals surface area contributed by atoms with E-state index in [-0.39, 0.29) is 30.2 Å². The highest BCUT2D eigenvalue weighted by Gasteiger charge is 2.32. The molecule has 2 unspecified atom stereocenters. The third kappa shape index (κ3) is 7.10. The van der Waals surface area contributed by atoms with Crippen molar-refractivity contribution in [1.82, 2.24) is 20.5 Å². The second-order valence-corrected chi connectivity index (χ2v) is 11.7. The number of carbonyl (C=O) groups is 3. The molecule has 11 heteroatoms. The number of aryl methyl sites for hydroxylation is 1. The quantitative estimate of drug-likeness (QED) is 0.254. The average Bonchev–Trinajstić information content (AvgIpc) is 3.53. The minimum absolute atomic E-state index is 0.0488. The molecule has 11 nitrogen and oxygen atoms in total. The van der Waals surface area contributed by atoms with Crippen LogP contribution in [-0.4, -0.2) is 72.8 Å². The van der Waals surface area contributed by atoms with Crippen LogP contribution in [0.3, 0.4) is 0 Å². The smallest absolute Gasteiger partial charge is 0.291 e. The van der Waals surface area contributed by atoms with Gasteiger partial charge in [-0.15, -0.1) is 5.10 Å². The number of anilines is 1. The third-order valence-corrected chi connectivity index (χ3v) is 8.57. The summed E-state index contributed by atoms with van der Waals surface area (Å²) in [5, 5.41) is 9.55. The molecule has 2 atom stereocenters. The number of hydrogen-bond donors (Lipinski definition) is 2. The van der Waals surface area contributed by atoms with Crippen LogP contribution < -0.4 is 15.0 Å². The average molecular weight is 636 g/mol. The number of amides is 2. The Morgan fingerprint density at radius 2 is 1.89 bits per heavy atom. The van der Waals surface area contributed by atoms with Gasteiger partial charge in [-0.25, -0.2) is 4.98 Å². The monoisotopic (exact) mass is 635 g/mol. The maximum Gasteiger partial charge on any atom is 0.291 e. The molecular weight excluding hydrogens is 598 g/mol. The van der Waals surface area contributed by atoms with Crippen LogP contribution in [0.5, 0.6) is 5.75 Å². The molecule has 0 radical (unpaired) electrons. The number of rotatable bonds is 11. The van der Waals surface area contributed by atoms with Crippen molar-refractivity contribution in [3.05, 3.63) is 112 Å². The van der Waals surface area contributed by atoms with Crippen molar-refractivity contribution >= 4 is 29.4 Å². The Labute approximate surface area is 272 Å². The number of H-pyrrole nitrogens is 1. The minimum Gasteiger partial charge on any atom is -0.498 e. The van der Waals surface area contributed by atoms with Crippen molar-refractivity contribution in [2.45, 2.75) is 44.2 Å². The van der Waals surface area contributed by atoms with Crippen molar-refractivity contribution in [2.75, 3.05) is 32.8 Å². The van der Waals surface area contributed by atoms with Crippen LogP contribution in [0.4, 0.5) is 5.69 Å². The molecule has 47 heavy (non-hydrogen) atoms. The lowest BCUT2D eigenvalue weighted by molar-refractivity contribution is -0.120. The lowest BCUT2D eigenvalue weighted by Crippen LogP contribution is -2.49. The van der Waals surface area contributed by atoms with Gasteiger partial charge in [0.05, 0.1) is 12.8 Å². The van der Waals surface area contributed by atoms with Gasteiger partial charge in [0, 0.05) is 39.8 Å². The molecule has 0 bridgehead atoms. The highest BCUT2D eigenvalue weighted by atomic mass is 16.5. The van der Waals surface area contributed by atoms with Crippen molar-refractivity contribution in [2.24, 2.45) is 0 Å². The number of ketones is 1. The number of benzene rings is 3. The van der Waals surface area contributed by atoms with Gasteiger partial charge < -0.3 is 24.4 Å². The summed E-state index contributed by atoms with van der Waals surface area (Å²) < 4.78 is 17.1. The number of methoxy groups -OCH3 is 2. The number of hydrogen-bond acceptors (Lipinski definition) is 8. The maximum atomic E-state index is 13.4. The molecule has 0 saturated carbocycles. The van der Waals surface area contributed by atoms with Gasteiger partial charge in [-0.3, -0.25) is 19.5 Å². The Balaban J connectivity index is 1.07. The first-order chi connectivity index (χ1) is 22.8. The summed E-state index contributed by atoms with van der Waals surface area (Å²) in [7, 11) is 4.94. The molecule has 1 aliphatic heterocycles. The summed E-state index contributed by atoms with van der Waals surface area (Å²) in [4.78, 5) is 45.3. The van der Waals surface area contributed by atoms with Gasteiger partial charge >= 0.3 is 0 Å². The van der Waals surface area contributed by atoms with Crippen LogP contribution in [0.2, 0.25) is 0 Å². The number of likely N-dealkylation sites (N-methyl/N-ethyl adjacent to an activating group) is 1. The molecule has 2 aliphatic rings. The van der Waals surface area contributed by atoms with Crippen LogP contribution in [0, 0.1) is 0 Å². The molecular formula is C36H37N5O6.